The van der Waals surface area contributed by atoms with Gasteiger partial charge < -0.3 is 24.2 Å². The second-order valence-corrected chi connectivity index (χ2v) is 7.86. The number of aliphatic hydroxyl groups is 1. The minimum atomic E-state index is -1.16. The number of aryl methyl sites for hydroxylation is 1. The maximum atomic E-state index is 13.4. The summed E-state index contributed by atoms with van der Waals surface area (Å²) in [4.78, 5) is 15.9. The van der Waals surface area contributed by atoms with Gasteiger partial charge in [-0.15, -0.1) is 0 Å². The molecule has 7 nitrogen and oxygen atoms in total. The largest absolute Gasteiger partial charge is 0.490 e. The van der Waals surface area contributed by atoms with E-state index in [9.17, 15) is 14.3 Å². The average molecular weight is 410 g/mol. The van der Waals surface area contributed by atoms with E-state index in [-0.39, 0.29) is 31.2 Å². The lowest BCUT2D eigenvalue weighted by Crippen LogP contribution is -2.54. The van der Waals surface area contributed by atoms with E-state index in [0.29, 0.717) is 44.2 Å². The van der Waals surface area contributed by atoms with Crippen LogP contribution in [-0.4, -0.2) is 85.2 Å². The molecular formula is C21H31FN2O5. The number of halogens is 1. The zero-order chi connectivity index (χ0) is 20.9. The van der Waals surface area contributed by atoms with Gasteiger partial charge >= 0.3 is 6.09 Å². The standard InChI is InChI=1S/C21H31FN2O5/c1-3-28-20(25)23-8-6-17(7-9-23)24-10-11-27-14-21(26,13-24)15-29-18-4-5-19(22)16(2)12-18/h4-5,12,17,26H,3,6-11,13-15H2,1-2H3/t21-/m1/s1. The van der Waals surface area contributed by atoms with Gasteiger partial charge in [-0.1, -0.05) is 0 Å². The summed E-state index contributed by atoms with van der Waals surface area (Å²) in [6.45, 7) is 7.09. The first kappa shape index (κ1) is 21.8. The van der Waals surface area contributed by atoms with Crippen LogP contribution in [0.25, 0.3) is 0 Å². The number of piperidine rings is 1. The number of ether oxygens (including phenoxy) is 3. The molecule has 3 rings (SSSR count). The number of likely N-dealkylation sites (tertiary alicyclic amines) is 1. The van der Waals surface area contributed by atoms with Crippen molar-refractivity contribution in [2.45, 2.75) is 38.3 Å². The SMILES string of the molecule is CCOC(=O)N1CCC(N2CCOC[C@@](O)(COc3ccc(F)c(C)c3)C2)CC1. The van der Waals surface area contributed by atoms with Gasteiger partial charge in [0.1, 0.15) is 23.8 Å². The molecule has 0 aromatic heterocycles. The zero-order valence-corrected chi connectivity index (χ0v) is 17.2. The Morgan fingerprint density at radius 2 is 2.10 bits per heavy atom. The summed E-state index contributed by atoms with van der Waals surface area (Å²) in [5.41, 5.74) is -0.654. The van der Waals surface area contributed by atoms with Crippen LogP contribution in [0.5, 0.6) is 5.75 Å². The molecule has 0 unspecified atom stereocenters. The third kappa shape index (κ3) is 5.81. The van der Waals surface area contributed by atoms with Crippen molar-refractivity contribution in [2.24, 2.45) is 0 Å². The number of benzene rings is 1. The summed E-state index contributed by atoms with van der Waals surface area (Å²) in [5.74, 6) is 0.241. The van der Waals surface area contributed by atoms with Crippen LogP contribution in [0.3, 0.4) is 0 Å². The topological polar surface area (TPSA) is 71.5 Å². The molecule has 0 bridgehead atoms. The van der Waals surface area contributed by atoms with Gasteiger partial charge in [0.15, 0.2) is 0 Å². The highest BCUT2D eigenvalue weighted by Gasteiger charge is 2.37. The molecule has 2 fully saturated rings. The van der Waals surface area contributed by atoms with Crippen LogP contribution < -0.4 is 4.74 Å². The molecule has 29 heavy (non-hydrogen) atoms. The first-order valence-electron chi connectivity index (χ1n) is 10.2. The first-order chi connectivity index (χ1) is 13.9. The second-order valence-electron chi connectivity index (χ2n) is 7.86. The van der Waals surface area contributed by atoms with Crippen molar-refractivity contribution in [3.05, 3.63) is 29.6 Å². The molecule has 2 aliphatic heterocycles. The Labute approximate surface area is 171 Å². The van der Waals surface area contributed by atoms with Crippen molar-refractivity contribution >= 4 is 6.09 Å². The lowest BCUT2D eigenvalue weighted by Gasteiger charge is -2.39. The molecule has 8 heteroatoms. The van der Waals surface area contributed by atoms with Crippen LogP contribution in [-0.2, 0) is 9.47 Å². The summed E-state index contributed by atoms with van der Waals surface area (Å²) in [6.07, 6.45) is 1.39. The third-order valence-corrected chi connectivity index (χ3v) is 5.53. The van der Waals surface area contributed by atoms with Crippen LogP contribution in [0.15, 0.2) is 18.2 Å². The number of carbonyl (C=O) groups is 1. The van der Waals surface area contributed by atoms with E-state index in [0.717, 1.165) is 19.4 Å². The van der Waals surface area contributed by atoms with E-state index in [1.165, 1.54) is 6.07 Å². The van der Waals surface area contributed by atoms with E-state index in [2.05, 4.69) is 4.90 Å². The number of β-amino-alcohol motifs (C(OH)–C–C–N with tert-alkyl or cyclic N) is 1. The Bertz CT molecular complexity index is 696. The molecular weight excluding hydrogens is 379 g/mol. The van der Waals surface area contributed by atoms with Gasteiger partial charge in [-0.25, -0.2) is 9.18 Å². The summed E-state index contributed by atoms with van der Waals surface area (Å²) in [5, 5.41) is 11.1. The van der Waals surface area contributed by atoms with Crippen molar-refractivity contribution in [2.75, 3.05) is 52.6 Å². The Morgan fingerprint density at radius 1 is 1.34 bits per heavy atom. The van der Waals surface area contributed by atoms with Crippen LogP contribution in [0, 0.1) is 12.7 Å². The third-order valence-electron chi connectivity index (χ3n) is 5.53. The molecule has 1 atom stereocenters. The fourth-order valence-electron chi connectivity index (χ4n) is 3.90. The van der Waals surface area contributed by atoms with E-state index < -0.39 is 5.60 Å². The zero-order valence-electron chi connectivity index (χ0n) is 17.2. The number of amides is 1. The molecule has 1 amide bonds. The number of hydrogen-bond acceptors (Lipinski definition) is 6. The summed E-state index contributed by atoms with van der Waals surface area (Å²) < 4.78 is 29.9. The van der Waals surface area contributed by atoms with E-state index in [1.54, 1.807) is 30.9 Å². The molecule has 162 valence electrons. The van der Waals surface area contributed by atoms with Crippen LogP contribution in [0.1, 0.15) is 25.3 Å². The quantitative estimate of drug-likeness (QED) is 0.803. The van der Waals surface area contributed by atoms with Crippen molar-refractivity contribution in [3.8, 4) is 5.75 Å². The average Bonchev–Trinajstić information content (AvgIpc) is 2.91. The van der Waals surface area contributed by atoms with Gasteiger partial charge in [0.05, 0.1) is 19.8 Å². The van der Waals surface area contributed by atoms with Crippen molar-refractivity contribution in [3.63, 3.8) is 0 Å². The number of carbonyl (C=O) groups excluding carboxylic acids is 1. The predicted molar refractivity (Wildman–Crippen MR) is 106 cm³/mol. The van der Waals surface area contributed by atoms with Gasteiger partial charge in [-0.2, -0.15) is 0 Å². The maximum absolute atomic E-state index is 13.4. The highest BCUT2D eigenvalue weighted by atomic mass is 19.1. The Balaban J connectivity index is 1.56. The minimum absolute atomic E-state index is 0.0657. The molecule has 2 saturated heterocycles. The lowest BCUT2D eigenvalue weighted by atomic mass is 10.00. The summed E-state index contributed by atoms with van der Waals surface area (Å²) in [7, 11) is 0. The van der Waals surface area contributed by atoms with E-state index in [1.807, 2.05) is 0 Å². The van der Waals surface area contributed by atoms with Gasteiger partial charge in [-0.05, 0) is 50.5 Å². The smallest absolute Gasteiger partial charge is 0.409 e. The van der Waals surface area contributed by atoms with Gasteiger partial charge in [0.25, 0.3) is 0 Å². The van der Waals surface area contributed by atoms with Crippen molar-refractivity contribution in [1.29, 1.82) is 0 Å². The van der Waals surface area contributed by atoms with Gasteiger partial charge in [0, 0.05) is 32.2 Å². The molecule has 2 aliphatic rings. The van der Waals surface area contributed by atoms with Crippen molar-refractivity contribution in [1.82, 2.24) is 9.80 Å². The minimum Gasteiger partial charge on any atom is -0.490 e. The number of nitrogens with zero attached hydrogens (tertiary/aromatic N) is 2. The Kier molecular flexibility index (Phi) is 7.32. The number of rotatable bonds is 5. The molecule has 0 spiro atoms. The predicted octanol–water partition coefficient (Wildman–Crippen LogP) is 2.20. The molecule has 0 radical (unpaired) electrons. The molecule has 0 saturated carbocycles. The van der Waals surface area contributed by atoms with Crippen LogP contribution in [0.4, 0.5) is 9.18 Å². The second kappa shape index (κ2) is 9.73. The van der Waals surface area contributed by atoms with Gasteiger partial charge in [-0.3, -0.25) is 4.90 Å². The monoisotopic (exact) mass is 410 g/mol. The molecule has 1 aromatic rings. The summed E-state index contributed by atoms with van der Waals surface area (Å²) in [6, 6.07) is 4.81. The van der Waals surface area contributed by atoms with E-state index >= 15 is 0 Å². The fraction of sp³-hybridized carbons (Fsp3) is 0.667. The van der Waals surface area contributed by atoms with Crippen molar-refractivity contribution < 1.29 is 28.5 Å². The van der Waals surface area contributed by atoms with Crippen LogP contribution in [0.2, 0.25) is 0 Å². The maximum Gasteiger partial charge on any atom is 0.409 e. The Hall–Kier alpha value is -1.90. The molecule has 0 aliphatic carbocycles. The first-order valence-corrected chi connectivity index (χ1v) is 10.2. The molecule has 1 N–H and O–H groups in total. The highest BCUT2D eigenvalue weighted by molar-refractivity contribution is 5.67. The van der Waals surface area contributed by atoms with Gasteiger partial charge in [0.2, 0.25) is 0 Å². The van der Waals surface area contributed by atoms with E-state index in [4.69, 9.17) is 14.2 Å². The summed E-state index contributed by atoms with van der Waals surface area (Å²) >= 11 is 0. The molecule has 2 heterocycles. The lowest BCUT2D eigenvalue weighted by molar-refractivity contribution is -0.0688. The molecule has 1 aromatic carbocycles. The normalized spacial score (nSPS) is 24.2. The van der Waals surface area contributed by atoms with Crippen LogP contribution >= 0.6 is 0 Å². The Morgan fingerprint density at radius 3 is 2.79 bits per heavy atom. The number of hydrogen-bond donors (Lipinski definition) is 1. The fourth-order valence-corrected chi connectivity index (χ4v) is 3.90. The highest BCUT2D eigenvalue weighted by Crippen LogP contribution is 2.23.